The molecule has 2 aromatic carbocycles. The highest BCUT2D eigenvalue weighted by Gasteiger charge is 2.48. The van der Waals surface area contributed by atoms with E-state index in [0.29, 0.717) is 67.2 Å². The van der Waals surface area contributed by atoms with E-state index in [2.05, 4.69) is 50.1 Å². The van der Waals surface area contributed by atoms with Gasteiger partial charge in [-0.05, 0) is 138 Å². The Morgan fingerprint density at radius 1 is 0.893 bits per heavy atom. The van der Waals surface area contributed by atoms with Gasteiger partial charge in [0.25, 0.3) is 11.8 Å². The molecule has 11 rings (SSSR count). The molecule has 4 amide bonds. The molecular weight excluding hydrogens is 964 g/mol. The molecule has 16 nitrogen and oxygen atoms in total. The van der Waals surface area contributed by atoms with Crippen LogP contribution in [0.2, 0.25) is 0 Å². The Labute approximate surface area is 435 Å². The van der Waals surface area contributed by atoms with Crippen LogP contribution in [-0.2, 0) is 52.5 Å². The minimum Gasteiger partial charge on any atom is -0.375 e. The number of nitrogens with one attached hydrogen (secondary N) is 1. The van der Waals surface area contributed by atoms with E-state index in [1.165, 1.54) is 11.0 Å². The molecule has 0 bridgehead atoms. The Morgan fingerprint density at radius 2 is 1.65 bits per heavy atom. The van der Waals surface area contributed by atoms with Crippen molar-refractivity contribution in [3.8, 4) is 6.07 Å². The minimum atomic E-state index is -4.65. The molecule has 0 spiro atoms. The first kappa shape index (κ1) is 50.9. The van der Waals surface area contributed by atoms with Crippen LogP contribution in [0, 0.1) is 23.2 Å². The van der Waals surface area contributed by atoms with Gasteiger partial charge in [-0.3, -0.25) is 34.3 Å². The van der Waals surface area contributed by atoms with Crippen LogP contribution in [0.1, 0.15) is 146 Å². The lowest BCUT2D eigenvalue weighted by Crippen LogP contribution is -2.59. The summed E-state index contributed by atoms with van der Waals surface area (Å²) in [5.74, 6) is 0.579. The number of aryl methyl sites for hydroxylation is 1. The second-order valence-electron chi connectivity index (χ2n) is 23.1. The van der Waals surface area contributed by atoms with Crippen molar-refractivity contribution in [1.82, 2.24) is 39.8 Å². The molecular formula is C56H66F3N11O5. The van der Waals surface area contributed by atoms with E-state index in [-0.39, 0.29) is 65.6 Å². The van der Waals surface area contributed by atoms with Crippen molar-refractivity contribution in [2.45, 2.75) is 146 Å². The average molecular weight is 1030 g/mol. The monoisotopic (exact) mass is 1030 g/mol. The van der Waals surface area contributed by atoms with Gasteiger partial charge >= 0.3 is 6.18 Å². The fourth-order valence-corrected chi connectivity index (χ4v) is 13.5. The van der Waals surface area contributed by atoms with Crippen LogP contribution in [0.5, 0.6) is 0 Å². The highest BCUT2D eigenvalue weighted by molar-refractivity contribution is 6.10. The molecule has 2 saturated carbocycles. The molecule has 4 aromatic rings. The molecule has 3 saturated heterocycles. The largest absolute Gasteiger partial charge is 0.416 e. The summed E-state index contributed by atoms with van der Waals surface area (Å²) in [6.45, 7) is 11.1. The fourth-order valence-electron chi connectivity index (χ4n) is 13.5. The summed E-state index contributed by atoms with van der Waals surface area (Å²) >= 11 is 0. The van der Waals surface area contributed by atoms with Crippen molar-refractivity contribution < 1.29 is 37.1 Å². The minimum absolute atomic E-state index is 0.000536. The second-order valence-corrected chi connectivity index (χ2v) is 23.1. The molecule has 2 atom stereocenters. The molecule has 75 heavy (non-hydrogen) atoms. The van der Waals surface area contributed by atoms with Crippen LogP contribution in [-0.4, -0.2) is 121 Å². The van der Waals surface area contributed by atoms with Crippen LogP contribution >= 0.6 is 0 Å². The number of hydrogen-bond donors (Lipinski definition) is 1. The number of nitriles is 1. The van der Waals surface area contributed by atoms with Gasteiger partial charge in [0.15, 0.2) is 0 Å². The van der Waals surface area contributed by atoms with Crippen LogP contribution in [0.3, 0.4) is 0 Å². The number of halogens is 3. The van der Waals surface area contributed by atoms with E-state index >= 15 is 0 Å². The van der Waals surface area contributed by atoms with Crippen LogP contribution < -0.4 is 15.1 Å². The van der Waals surface area contributed by atoms with Crippen molar-refractivity contribution in [3.05, 3.63) is 99.8 Å². The third kappa shape index (κ3) is 9.82. The number of amides is 4. The molecule has 2 unspecified atom stereocenters. The molecule has 1 N–H and O–H groups in total. The van der Waals surface area contributed by atoms with Crippen molar-refractivity contribution in [1.29, 1.82) is 5.26 Å². The quantitative estimate of drug-likeness (QED) is 0.141. The summed E-state index contributed by atoms with van der Waals surface area (Å²) < 4.78 is 53.4. The summed E-state index contributed by atoms with van der Waals surface area (Å²) in [7, 11) is 1.87. The lowest BCUT2D eigenvalue weighted by Gasteiger charge is -2.48. The van der Waals surface area contributed by atoms with Crippen LogP contribution in [0.25, 0.3) is 0 Å². The standard InChI is InChI=1S/C56H66F3N11O5/c1-34-50-42(53(74)70(34)46-13-15-49(71)63-51(46)72)12-14-47(62-50)67-18-16-41(17-19-67)75-40-10-8-35(9-11-40)29-66-20-21-68(54(2,3)32-66)30-36-22-43-44(45(23-36)56(57,58)59)31-69(52(43)73)39-7-5-6-38(24-39)55(25-37(26-55)28-60)27-48-64-61-33-65(48)4/h5-7,12,14,22-24,33-35,37,40-41,46H,8-11,13,15-21,25-27,29-32H2,1-4H3,(H,63,71,72). The summed E-state index contributed by atoms with van der Waals surface area (Å²) in [5, 5.41) is 20.4. The molecule has 2 aliphatic carbocycles. The van der Waals surface area contributed by atoms with Gasteiger partial charge in [-0.25, -0.2) is 4.98 Å². The van der Waals surface area contributed by atoms with Crippen molar-refractivity contribution in [3.63, 3.8) is 0 Å². The number of anilines is 2. The van der Waals surface area contributed by atoms with Gasteiger partial charge < -0.3 is 24.0 Å². The topological polar surface area (TPSA) is 173 Å². The number of hydrogen-bond acceptors (Lipinski definition) is 12. The number of nitrogens with zero attached hydrogens (tertiary/aromatic N) is 10. The number of aromatic nitrogens is 4. The molecule has 7 heterocycles. The number of alkyl halides is 3. The SMILES string of the molecule is CC1c2nc(N3CCC(OC4CCC(CN5CCN(Cc6cc7c(c(C(F)(F)F)c6)CN(c6cccc(C8(Cc9nncn9C)CC(C#N)C8)c6)C7=O)C(C)(C)C5)CC4)CC3)ccc2C(=O)N1C1CCC(=O)NC1=O. The van der Waals surface area contributed by atoms with E-state index in [9.17, 15) is 37.6 Å². The number of imide groups is 1. The van der Waals surface area contributed by atoms with Crippen LogP contribution in [0.15, 0.2) is 54.9 Å². The number of fused-ring (bicyclic) bond motifs is 2. The van der Waals surface area contributed by atoms with E-state index in [1.54, 1.807) is 23.4 Å². The predicted molar refractivity (Wildman–Crippen MR) is 271 cm³/mol. The Morgan fingerprint density at radius 3 is 2.35 bits per heavy atom. The maximum atomic E-state index is 15.0. The number of carbonyl (C=O) groups is 4. The van der Waals surface area contributed by atoms with E-state index in [4.69, 9.17) is 9.72 Å². The zero-order valence-corrected chi connectivity index (χ0v) is 43.2. The molecule has 2 aromatic heterocycles. The maximum Gasteiger partial charge on any atom is 0.416 e. The Hall–Kier alpha value is -6.23. The first-order valence-corrected chi connectivity index (χ1v) is 26.8. The highest BCUT2D eigenvalue weighted by Crippen LogP contribution is 2.51. The predicted octanol–water partition coefficient (Wildman–Crippen LogP) is 7.27. The molecule has 5 fully saturated rings. The summed E-state index contributed by atoms with van der Waals surface area (Å²) in [6, 6.07) is 15.4. The zero-order chi connectivity index (χ0) is 52.6. The van der Waals surface area contributed by atoms with E-state index < -0.39 is 35.0 Å². The third-order valence-electron chi connectivity index (χ3n) is 17.7. The van der Waals surface area contributed by atoms with Gasteiger partial charge in [0.1, 0.15) is 24.0 Å². The lowest BCUT2D eigenvalue weighted by atomic mass is 9.57. The average Bonchev–Trinajstić information content (AvgIpc) is 4.01. The van der Waals surface area contributed by atoms with Crippen molar-refractivity contribution in [2.24, 2.45) is 18.9 Å². The lowest BCUT2D eigenvalue weighted by molar-refractivity contribution is -0.139. The van der Waals surface area contributed by atoms with Gasteiger partial charge in [-0.1, -0.05) is 12.1 Å². The van der Waals surface area contributed by atoms with Gasteiger partial charge in [-0.2, -0.15) is 18.4 Å². The number of piperazine rings is 1. The Balaban J connectivity index is 0.664. The van der Waals surface area contributed by atoms with Gasteiger partial charge in [0, 0.05) is 93.8 Å². The summed E-state index contributed by atoms with van der Waals surface area (Å²) in [5.41, 5.74) is 1.70. The molecule has 5 aliphatic heterocycles. The molecule has 7 aliphatic rings. The summed E-state index contributed by atoms with van der Waals surface area (Å²) in [6.07, 6.45) is 5.56. The van der Waals surface area contributed by atoms with E-state index in [0.717, 1.165) is 88.5 Å². The van der Waals surface area contributed by atoms with Crippen molar-refractivity contribution in [2.75, 3.05) is 49.1 Å². The number of pyridine rings is 1. The number of piperidine rings is 2. The van der Waals surface area contributed by atoms with E-state index in [1.807, 2.05) is 48.9 Å². The first-order valence-electron chi connectivity index (χ1n) is 26.8. The Bertz CT molecular complexity index is 2930. The fraction of sp³-hybridized carbons (Fsp3) is 0.571. The Kier molecular flexibility index (Phi) is 13.4. The second kappa shape index (κ2) is 19.7. The summed E-state index contributed by atoms with van der Waals surface area (Å²) in [4.78, 5) is 67.0. The molecule has 0 radical (unpaired) electrons. The van der Waals surface area contributed by atoms with Crippen molar-refractivity contribution >= 4 is 35.1 Å². The smallest absolute Gasteiger partial charge is 0.375 e. The van der Waals surface area contributed by atoms with Gasteiger partial charge in [0.05, 0.1) is 47.7 Å². The highest BCUT2D eigenvalue weighted by atomic mass is 19.4. The zero-order valence-electron chi connectivity index (χ0n) is 43.2. The molecule has 396 valence electrons. The van der Waals surface area contributed by atoms with Crippen LogP contribution in [0.4, 0.5) is 24.7 Å². The molecule has 19 heteroatoms. The maximum absolute atomic E-state index is 15.0. The first-order chi connectivity index (χ1) is 35.9. The third-order valence-corrected chi connectivity index (χ3v) is 17.7. The van der Waals surface area contributed by atoms with Gasteiger partial charge in [-0.15, -0.1) is 10.2 Å². The number of ether oxygens (including phenoxy) is 1. The number of rotatable bonds is 12. The number of carbonyl (C=O) groups excluding carboxylic acids is 4. The number of benzene rings is 2. The van der Waals surface area contributed by atoms with Gasteiger partial charge in [0.2, 0.25) is 11.8 Å². The normalized spacial score (nSPS) is 27.5.